The van der Waals surface area contributed by atoms with Gasteiger partial charge in [-0.05, 0) is 19.1 Å². The lowest BCUT2D eigenvalue weighted by Gasteiger charge is -2.09. The Balaban J connectivity index is 2.19. The lowest BCUT2D eigenvalue weighted by molar-refractivity contribution is -0.137. The Morgan fingerprint density at radius 3 is 2.48 bits per heavy atom. The van der Waals surface area contributed by atoms with Crippen molar-refractivity contribution in [2.75, 3.05) is 6.61 Å². The molecule has 0 saturated carbocycles. The average molecular weight is 298 g/mol. The Morgan fingerprint density at radius 2 is 1.90 bits per heavy atom. The van der Waals surface area contributed by atoms with Crippen molar-refractivity contribution in [2.24, 2.45) is 0 Å². The van der Waals surface area contributed by atoms with Gasteiger partial charge in [0.1, 0.15) is 6.61 Å². The van der Waals surface area contributed by atoms with E-state index in [4.69, 9.17) is 9.84 Å². The molecule has 0 spiro atoms. The molecule has 1 atom stereocenters. The zero-order valence-electron chi connectivity index (χ0n) is 11.1. The Labute approximate surface area is 119 Å². The number of nitrogens with zero attached hydrogens (tertiary/aromatic N) is 2. The summed E-state index contributed by atoms with van der Waals surface area (Å²) in [7, 11) is 0. The number of hydrogen-bond donors (Lipinski definition) is 1. The Bertz CT molecular complexity index is 598. The van der Waals surface area contributed by atoms with Crippen molar-refractivity contribution in [3.63, 3.8) is 0 Å². The van der Waals surface area contributed by atoms with Crippen molar-refractivity contribution >= 4 is 0 Å². The van der Waals surface area contributed by atoms with Gasteiger partial charge < -0.3 is 9.84 Å². The number of aromatic nitrogens is 2. The van der Waals surface area contributed by atoms with E-state index in [1.165, 1.54) is 24.5 Å². The molecule has 1 heterocycles. The molecule has 112 valence electrons. The molecule has 4 nitrogen and oxygen atoms in total. The highest BCUT2D eigenvalue weighted by Gasteiger charge is 2.30. The van der Waals surface area contributed by atoms with Gasteiger partial charge >= 0.3 is 6.18 Å². The van der Waals surface area contributed by atoms with Crippen LogP contribution in [-0.4, -0.2) is 27.8 Å². The molecule has 1 unspecified atom stereocenters. The largest absolute Gasteiger partial charge is 0.488 e. The molecule has 0 bridgehead atoms. The van der Waals surface area contributed by atoms with E-state index < -0.39 is 17.8 Å². The lowest BCUT2D eigenvalue weighted by Crippen LogP contribution is -2.13. The summed E-state index contributed by atoms with van der Waals surface area (Å²) in [6, 6.07) is 4.79. The molecule has 2 rings (SSSR count). The van der Waals surface area contributed by atoms with Gasteiger partial charge in [-0.2, -0.15) is 13.2 Å². The maximum Gasteiger partial charge on any atom is 0.416 e. The molecule has 2 aromatic rings. The van der Waals surface area contributed by atoms with Crippen LogP contribution in [0.25, 0.3) is 11.4 Å². The van der Waals surface area contributed by atoms with Crippen LogP contribution < -0.4 is 4.74 Å². The van der Waals surface area contributed by atoms with Crippen molar-refractivity contribution < 1.29 is 23.0 Å². The van der Waals surface area contributed by atoms with E-state index in [1.54, 1.807) is 6.92 Å². The first-order chi connectivity index (χ1) is 9.86. The molecule has 0 aliphatic carbocycles. The molecular weight excluding hydrogens is 285 g/mol. The molecule has 1 N–H and O–H groups in total. The normalized spacial score (nSPS) is 13.0. The van der Waals surface area contributed by atoms with Gasteiger partial charge in [0.05, 0.1) is 24.1 Å². The SMILES string of the molecule is CC(O)COc1cnc(-c2cccc(C(F)(F)F)c2)nc1. The fourth-order valence-electron chi connectivity index (χ4n) is 1.59. The molecular formula is C14H13F3N2O2. The first-order valence-electron chi connectivity index (χ1n) is 6.17. The highest BCUT2D eigenvalue weighted by atomic mass is 19.4. The number of aliphatic hydroxyl groups is 1. The number of hydrogen-bond acceptors (Lipinski definition) is 4. The lowest BCUT2D eigenvalue weighted by atomic mass is 10.1. The van der Waals surface area contributed by atoms with Crippen molar-refractivity contribution in [3.8, 4) is 17.1 Å². The molecule has 7 heteroatoms. The highest BCUT2D eigenvalue weighted by Crippen LogP contribution is 2.31. The van der Waals surface area contributed by atoms with E-state index in [2.05, 4.69) is 9.97 Å². The molecule has 0 amide bonds. The quantitative estimate of drug-likeness (QED) is 0.943. The zero-order valence-corrected chi connectivity index (χ0v) is 11.1. The molecule has 0 radical (unpaired) electrons. The van der Waals surface area contributed by atoms with E-state index in [0.717, 1.165) is 12.1 Å². The van der Waals surface area contributed by atoms with Gasteiger partial charge in [0, 0.05) is 5.56 Å². The molecule has 1 aromatic heterocycles. The van der Waals surface area contributed by atoms with Crippen molar-refractivity contribution in [2.45, 2.75) is 19.2 Å². The van der Waals surface area contributed by atoms with Crippen LogP contribution in [0.1, 0.15) is 12.5 Å². The van der Waals surface area contributed by atoms with Crippen LogP contribution in [0.5, 0.6) is 5.75 Å². The second kappa shape index (κ2) is 6.09. The Morgan fingerprint density at radius 1 is 1.24 bits per heavy atom. The van der Waals surface area contributed by atoms with Gasteiger partial charge in [0.15, 0.2) is 11.6 Å². The molecule has 21 heavy (non-hydrogen) atoms. The standard InChI is InChI=1S/C14H13F3N2O2/c1-9(20)8-21-12-6-18-13(19-7-12)10-3-2-4-11(5-10)14(15,16)17/h2-7,9,20H,8H2,1H3. The van der Waals surface area contributed by atoms with E-state index in [-0.39, 0.29) is 18.0 Å². The highest BCUT2D eigenvalue weighted by molar-refractivity contribution is 5.56. The van der Waals surface area contributed by atoms with Gasteiger partial charge in [0.2, 0.25) is 0 Å². The monoisotopic (exact) mass is 298 g/mol. The summed E-state index contributed by atoms with van der Waals surface area (Å²) < 4.78 is 43.1. The van der Waals surface area contributed by atoms with Crippen LogP contribution in [0, 0.1) is 0 Å². The van der Waals surface area contributed by atoms with Gasteiger partial charge in [-0.1, -0.05) is 12.1 Å². The number of aliphatic hydroxyl groups excluding tert-OH is 1. The number of alkyl halides is 3. The fourth-order valence-corrected chi connectivity index (χ4v) is 1.59. The Kier molecular flexibility index (Phi) is 4.42. The van der Waals surface area contributed by atoms with Crippen LogP contribution >= 0.6 is 0 Å². The van der Waals surface area contributed by atoms with Crippen LogP contribution in [-0.2, 0) is 6.18 Å². The zero-order chi connectivity index (χ0) is 15.5. The number of benzene rings is 1. The number of ether oxygens (including phenoxy) is 1. The molecule has 0 fully saturated rings. The first kappa shape index (κ1) is 15.2. The predicted octanol–water partition coefficient (Wildman–Crippen LogP) is 2.92. The van der Waals surface area contributed by atoms with Gasteiger partial charge in [-0.25, -0.2) is 9.97 Å². The topological polar surface area (TPSA) is 55.2 Å². The smallest absolute Gasteiger partial charge is 0.416 e. The summed E-state index contributed by atoms with van der Waals surface area (Å²) in [6.45, 7) is 1.66. The third-order valence-electron chi connectivity index (χ3n) is 2.57. The van der Waals surface area contributed by atoms with Gasteiger partial charge in [-0.3, -0.25) is 0 Å². The van der Waals surface area contributed by atoms with Crippen LogP contribution in [0.3, 0.4) is 0 Å². The minimum Gasteiger partial charge on any atom is -0.488 e. The second-order valence-corrected chi connectivity index (χ2v) is 4.48. The van der Waals surface area contributed by atoms with Crippen LogP contribution in [0.15, 0.2) is 36.7 Å². The Hall–Kier alpha value is -2.15. The van der Waals surface area contributed by atoms with Crippen molar-refractivity contribution in [3.05, 3.63) is 42.2 Å². The molecule has 1 aromatic carbocycles. The third-order valence-corrected chi connectivity index (χ3v) is 2.57. The minimum absolute atomic E-state index is 0.0895. The maximum absolute atomic E-state index is 12.6. The van der Waals surface area contributed by atoms with Crippen molar-refractivity contribution in [1.82, 2.24) is 9.97 Å². The number of halogens is 3. The minimum atomic E-state index is -4.41. The molecule has 0 aliphatic heterocycles. The summed E-state index contributed by atoms with van der Waals surface area (Å²) in [5.41, 5.74) is -0.482. The van der Waals surface area contributed by atoms with E-state index in [0.29, 0.717) is 5.75 Å². The summed E-state index contributed by atoms with van der Waals surface area (Å²) in [5, 5.41) is 9.08. The average Bonchev–Trinajstić information content (AvgIpc) is 2.45. The summed E-state index contributed by atoms with van der Waals surface area (Å²) >= 11 is 0. The first-order valence-corrected chi connectivity index (χ1v) is 6.17. The molecule has 0 aliphatic rings. The van der Waals surface area contributed by atoms with E-state index in [1.807, 2.05) is 0 Å². The van der Waals surface area contributed by atoms with Crippen LogP contribution in [0.2, 0.25) is 0 Å². The maximum atomic E-state index is 12.6. The van der Waals surface area contributed by atoms with Crippen molar-refractivity contribution in [1.29, 1.82) is 0 Å². The molecule has 0 saturated heterocycles. The third kappa shape index (κ3) is 4.16. The fraction of sp³-hybridized carbons (Fsp3) is 0.286. The number of rotatable bonds is 4. The summed E-state index contributed by atoms with van der Waals surface area (Å²) in [4.78, 5) is 7.93. The van der Waals surface area contributed by atoms with Gasteiger partial charge in [-0.15, -0.1) is 0 Å². The van der Waals surface area contributed by atoms with Gasteiger partial charge in [0.25, 0.3) is 0 Å². The second-order valence-electron chi connectivity index (χ2n) is 4.48. The van der Waals surface area contributed by atoms with E-state index >= 15 is 0 Å². The van der Waals surface area contributed by atoms with E-state index in [9.17, 15) is 13.2 Å². The summed E-state index contributed by atoms with van der Waals surface area (Å²) in [6.07, 6.45) is -2.33. The van der Waals surface area contributed by atoms with Crippen LogP contribution in [0.4, 0.5) is 13.2 Å². The predicted molar refractivity (Wildman–Crippen MR) is 69.6 cm³/mol. The summed E-state index contributed by atoms with van der Waals surface area (Å²) in [5.74, 6) is 0.511.